The van der Waals surface area contributed by atoms with Crippen molar-refractivity contribution in [2.24, 2.45) is 0 Å². The number of hydrogen-bond donors (Lipinski definition) is 1. The quantitative estimate of drug-likeness (QED) is 0.461. The first kappa shape index (κ1) is 19.8. The summed E-state index contributed by atoms with van der Waals surface area (Å²) in [5.41, 5.74) is 5.25. The van der Waals surface area contributed by atoms with Crippen molar-refractivity contribution in [2.75, 3.05) is 12.8 Å². The fourth-order valence-electron chi connectivity index (χ4n) is 4.22. The molecule has 4 aromatic rings. The van der Waals surface area contributed by atoms with E-state index in [1.54, 1.807) is 18.0 Å². The summed E-state index contributed by atoms with van der Waals surface area (Å²) in [6, 6.07) is 14.1. The second-order valence-corrected chi connectivity index (χ2v) is 8.63. The Hall–Kier alpha value is -3.19. The topological polar surface area (TPSA) is 74.8 Å². The van der Waals surface area contributed by atoms with Gasteiger partial charge in [0.15, 0.2) is 0 Å². The molecular weight excluding hydrogens is 406 g/mol. The van der Waals surface area contributed by atoms with Gasteiger partial charge in [-0.1, -0.05) is 35.9 Å². The molecule has 31 heavy (non-hydrogen) atoms. The number of rotatable bonds is 4. The minimum atomic E-state index is -0.0827. The van der Waals surface area contributed by atoms with Crippen LogP contribution in [-0.2, 0) is 0 Å². The van der Waals surface area contributed by atoms with Gasteiger partial charge in [-0.3, -0.25) is 4.79 Å². The van der Waals surface area contributed by atoms with Crippen molar-refractivity contribution >= 4 is 28.7 Å². The lowest BCUT2D eigenvalue weighted by Crippen LogP contribution is -2.31. The predicted octanol–water partition coefficient (Wildman–Crippen LogP) is 5.03. The Morgan fingerprint density at radius 3 is 2.84 bits per heavy atom. The maximum atomic E-state index is 13.6. The van der Waals surface area contributed by atoms with Gasteiger partial charge in [-0.25, -0.2) is 15.0 Å². The Kier molecular flexibility index (Phi) is 5.19. The zero-order valence-corrected chi connectivity index (χ0v) is 18.3. The minimum Gasteiger partial charge on any atom is -0.340 e. The average molecular weight is 430 g/mol. The average Bonchev–Trinajstić information content (AvgIpc) is 3.46. The SMILES string of the molecule is CSc1cccc2[nH]c(C3CCCN3C(=O)c3cncnc3-c3ccc(C)cc3)nc12. The van der Waals surface area contributed by atoms with Gasteiger partial charge in [0.05, 0.1) is 22.8 Å². The third-order valence-corrected chi connectivity index (χ3v) is 6.58. The van der Waals surface area contributed by atoms with Gasteiger partial charge in [-0.2, -0.15) is 0 Å². The highest BCUT2D eigenvalue weighted by atomic mass is 32.2. The summed E-state index contributed by atoms with van der Waals surface area (Å²) in [6.45, 7) is 2.73. The van der Waals surface area contributed by atoms with Crippen molar-refractivity contribution in [1.29, 1.82) is 0 Å². The van der Waals surface area contributed by atoms with Crippen molar-refractivity contribution in [3.63, 3.8) is 0 Å². The number of para-hydroxylation sites is 1. The van der Waals surface area contributed by atoms with Crippen molar-refractivity contribution in [2.45, 2.75) is 30.7 Å². The molecule has 1 saturated heterocycles. The number of carbonyl (C=O) groups excluding carboxylic acids is 1. The van der Waals surface area contributed by atoms with E-state index in [4.69, 9.17) is 4.98 Å². The number of H-pyrrole nitrogens is 1. The number of aryl methyl sites for hydroxylation is 1. The van der Waals surface area contributed by atoms with E-state index in [2.05, 4.69) is 27.3 Å². The molecule has 1 fully saturated rings. The van der Waals surface area contributed by atoms with Crippen LogP contribution in [0.1, 0.15) is 40.6 Å². The van der Waals surface area contributed by atoms with Gasteiger partial charge in [0.25, 0.3) is 5.91 Å². The number of aromatic nitrogens is 4. The normalized spacial score (nSPS) is 16.2. The molecule has 6 nitrogen and oxygen atoms in total. The fraction of sp³-hybridized carbons (Fsp3) is 0.250. The van der Waals surface area contributed by atoms with Crippen LogP contribution in [0.5, 0.6) is 0 Å². The van der Waals surface area contributed by atoms with Gasteiger partial charge in [-0.15, -0.1) is 11.8 Å². The van der Waals surface area contributed by atoms with E-state index in [1.807, 2.05) is 48.2 Å². The van der Waals surface area contributed by atoms with E-state index in [0.717, 1.165) is 40.2 Å². The highest BCUT2D eigenvalue weighted by Crippen LogP contribution is 2.35. The molecule has 1 aliphatic heterocycles. The number of nitrogens with one attached hydrogen (secondary N) is 1. The van der Waals surface area contributed by atoms with Crippen LogP contribution < -0.4 is 0 Å². The third-order valence-electron chi connectivity index (χ3n) is 5.81. The van der Waals surface area contributed by atoms with Crippen LogP contribution >= 0.6 is 11.8 Å². The van der Waals surface area contributed by atoms with E-state index >= 15 is 0 Å². The van der Waals surface area contributed by atoms with E-state index in [9.17, 15) is 4.79 Å². The standard InChI is InChI=1S/C24H23N5OS/c1-15-8-10-16(11-9-15)21-17(13-25-14-26-21)24(30)29-12-4-6-19(29)23-27-18-5-3-7-20(31-2)22(18)28-23/h3,5,7-11,13-14,19H,4,6,12H2,1-2H3,(H,27,28). The Balaban J connectivity index is 1.51. The lowest BCUT2D eigenvalue weighted by atomic mass is 10.0. The first-order valence-corrected chi connectivity index (χ1v) is 11.6. The highest BCUT2D eigenvalue weighted by Gasteiger charge is 2.34. The number of carbonyl (C=O) groups is 1. The number of amides is 1. The maximum Gasteiger partial charge on any atom is 0.258 e. The molecule has 1 atom stereocenters. The molecule has 2 aromatic heterocycles. The van der Waals surface area contributed by atoms with Gasteiger partial charge in [-0.05, 0) is 38.2 Å². The first-order valence-electron chi connectivity index (χ1n) is 10.4. The number of likely N-dealkylation sites (tertiary alicyclic amines) is 1. The van der Waals surface area contributed by atoms with Crippen LogP contribution in [0.25, 0.3) is 22.3 Å². The van der Waals surface area contributed by atoms with Gasteiger partial charge in [0.2, 0.25) is 0 Å². The minimum absolute atomic E-state index is 0.0516. The zero-order chi connectivity index (χ0) is 21.4. The number of hydrogen-bond acceptors (Lipinski definition) is 5. The molecule has 0 radical (unpaired) electrons. The summed E-state index contributed by atoms with van der Waals surface area (Å²) in [6.07, 6.45) is 7.00. The van der Waals surface area contributed by atoms with Gasteiger partial charge < -0.3 is 9.88 Å². The first-order chi connectivity index (χ1) is 15.2. The van der Waals surface area contributed by atoms with Crippen molar-refractivity contribution < 1.29 is 4.79 Å². The summed E-state index contributed by atoms with van der Waals surface area (Å²) in [4.78, 5) is 33.6. The molecule has 0 bridgehead atoms. The molecule has 1 amide bonds. The molecule has 3 heterocycles. The second-order valence-electron chi connectivity index (χ2n) is 7.79. The molecule has 5 rings (SSSR count). The van der Waals surface area contributed by atoms with Gasteiger partial charge in [0.1, 0.15) is 17.7 Å². The number of benzene rings is 2. The van der Waals surface area contributed by atoms with E-state index in [1.165, 1.54) is 11.9 Å². The van der Waals surface area contributed by atoms with Crippen LogP contribution in [0.2, 0.25) is 0 Å². The molecule has 1 aliphatic rings. The zero-order valence-electron chi connectivity index (χ0n) is 17.5. The van der Waals surface area contributed by atoms with Gasteiger partial charge >= 0.3 is 0 Å². The molecule has 1 N–H and O–H groups in total. The van der Waals surface area contributed by atoms with Crippen LogP contribution in [-0.4, -0.2) is 43.5 Å². The lowest BCUT2D eigenvalue weighted by Gasteiger charge is -2.24. The van der Waals surface area contributed by atoms with Crippen molar-refractivity contribution in [1.82, 2.24) is 24.8 Å². The monoisotopic (exact) mass is 429 g/mol. The number of thioether (sulfide) groups is 1. The molecule has 0 aliphatic carbocycles. The largest absolute Gasteiger partial charge is 0.340 e. The van der Waals surface area contributed by atoms with Crippen molar-refractivity contribution in [3.8, 4) is 11.3 Å². The molecule has 7 heteroatoms. The molecule has 2 aromatic carbocycles. The molecule has 156 valence electrons. The maximum absolute atomic E-state index is 13.6. The summed E-state index contributed by atoms with van der Waals surface area (Å²) < 4.78 is 0. The van der Waals surface area contributed by atoms with Gasteiger partial charge in [0, 0.05) is 23.2 Å². The Bertz CT molecular complexity index is 1250. The number of nitrogens with zero attached hydrogens (tertiary/aromatic N) is 4. The van der Waals surface area contributed by atoms with Crippen LogP contribution in [0.3, 0.4) is 0 Å². The molecule has 1 unspecified atom stereocenters. The second kappa shape index (κ2) is 8.15. The summed E-state index contributed by atoms with van der Waals surface area (Å²) in [7, 11) is 0. The van der Waals surface area contributed by atoms with E-state index in [-0.39, 0.29) is 11.9 Å². The Morgan fingerprint density at radius 2 is 2.03 bits per heavy atom. The fourth-order valence-corrected chi connectivity index (χ4v) is 4.79. The number of fused-ring (bicyclic) bond motifs is 1. The van der Waals surface area contributed by atoms with Crippen LogP contribution in [0, 0.1) is 6.92 Å². The number of aromatic amines is 1. The van der Waals surface area contributed by atoms with Crippen LogP contribution in [0.4, 0.5) is 0 Å². The molecule has 0 saturated carbocycles. The Morgan fingerprint density at radius 1 is 1.19 bits per heavy atom. The molecule has 0 spiro atoms. The van der Waals surface area contributed by atoms with E-state index in [0.29, 0.717) is 17.8 Å². The van der Waals surface area contributed by atoms with Crippen molar-refractivity contribution in [3.05, 3.63) is 71.9 Å². The van der Waals surface area contributed by atoms with Crippen LogP contribution in [0.15, 0.2) is 59.9 Å². The highest BCUT2D eigenvalue weighted by molar-refractivity contribution is 7.98. The Labute approximate surface area is 185 Å². The number of imidazole rings is 1. The smallest absolute Gasteiger partial charge is 0.258 e. The lowest BCUT2D eigenvalue weighted by molar-refractivity contribution is 0.0730. The molecular formula is C24H23N5OS. The third kappa shape index (κ3) is 3.59. The summed E-state index contributed by atoms with van der Waals surface area (Å²) in [5.74, 6) is 0.792. The summed E-state index contributed by atoms with van der Waals surface area (Å²) >= 11 is 1.68. The summed E-state index contributed by atoms with van der Waals surface area (Å²) in [5, 5.41) is 0. The van der Waals surface area contributed by atoms with E-state index < -0.39 is 0 Å². The predicted molar refractivity (Wildman–Crippen MR) is 123 cm³/mol.